The third kappa shape index (κ3) is 3.39. The Bertz CT molecular complexity index is 815. The zero-order chi connectivity index (χ0) is 17.1. The molecule has 1 atom stereocenters. The maximum absolute atomic E-state index is 12.8. The number of halogens is 2. The van der Waals surface area contributed by atoms with E-state index < -0.39 is 6.10 Å². The van der Waals surface area contributed by atoms with Crippen LogP contribution in [0, 0.1) is 0 Å². The molecule has 0 fully saturated rings. The van der Waals surface area contributed by atoms with E-state index in [1.54, 1.807) is 24.3 Å². The first-order valence-electron chi connectivity index (χ1n) is 7.38. The molecule has 122 valence electrons. The van der Waals surface area contributed by atoms with Crippen molar-refractivity contribution in [1.29, 1.82) is 0 Å². The summed E-state index contributed by atoms with van der Waals surface area (Å²) in [4.78, 5) is 12.8. The van der Waals surface area contributed by atoms with Crippen molar-refractivity contribution in [3.63, 3.8) is 0 Å². The van der Waals surface area contributed by atoms with Gasteiger partial charge in [-0.25, -0.2) is 0 Å². The van der Waals surface area contributed by atoms with Gasteiger partial charge < -0.3 is 10.1 Å². The molecule has 1 N–H and O–H groups in total. The topological polar surface area (TPSA) is 38.3 Å². The van der Waals surface area contributed by atoms with Crippen molar-refractivity contribution in [2.45, 2.75) is 6.10 Å². The van der Waals surface area contributed by atoms with Gasteiger partial charge in [-0.3, -0.25) is 4.79 Å². The van der Waals surface area contributed by atoms with Crippen molar-refractivity contribution in [3.05, 3.63) is 87.9 Å². The molecule has 2 aromatic carbocycles. The summed E-state index contributed by atoms with van der Waals surface area (Å²) in [5.41, 5.74) is 2.80. The van der Waals surface area contributed by atoms with Gasteiger partial charge in [0.05, 0.1) is 22.2 Å². The van der Waals surface area contributed by atoms with Crippen molar-refractivity contribution < 1.29 is 9.53 Å². The van der Waals surface area contributed by atoms with Crippen molar-refractivity contribution >= 4 is 34.8 Å². The first kappa shape index (κ1) is 16.8. The quantitative estimate of drug-likeness (QED) is 0.815. The van der Waals surface area contributed by atoms with E-state index >= 15 is 0 Å². The molecule has 2 aromatic rings. The summed E-state index contributed by atoms with van der Waals surface area (Å²) in [5, 5.41) is 3.77. The molecule has 0 aromatic heterocycles. The Kier molecular flexibility index (Phi) is 5.05. The van der Waals surface area contributed by atoms with Crippen LogP contribution in [0.4, 0.5) is 5.69 Å². The van der Waals surface area contributed by atoms with Crippen LogP contribution < -0.4 is 5.32 Å². The average molecular weight is 360 g/mol. The summed E-state index contributed by atoms with van der Waals surface area (Å²) in [6.07, 6.45) is 1.15. The van der Waals surface area contributed by atoms with E-state index in [-0.39, 0.29) is 5.91 Å². The maximum atomic E-state index is 12.8. The van der Waals surface area contributed by atoms with Gasteiger partial charge in [0, 0.05) is 5.69 Å². The van der Waals surface area contributed by atoms with Crippen LogP contribution in [0.15, 0.2) is 72.3 Å². The number of nitrogens with one attached hydrogen (secondary N) is 1. The average Bonchev–Trinajstić information content (AvgIpc) is 3.02. The van der Waals surface area contributed by atoms with Crippen molar-refractivity contribution in [3.8, 4) is 0 Å². The lowest BCUT2D eigenvalue weighted by Crippen LogP contribution is -2.18. The molecular formula is C19H15Cl2NO2. The molecule has 0 saturated heterocycles. The van der Waals surface area contributed by atoms with Crippen LogP contribution in [0.5, 0.6) is 0 Å². The Labute approximate surface area is 150 Å². The monoisotopic (exact) mass is 359 g/mol. The van der Waals surface area contributed by atoms with E-state index in [0.29, 0.717) is 22.2 Å². The molecule has 1 unspecified atom stereocenters. The number of ether oxygens (including phenoxy) is 1. The molecular weight excluding hydrogens is 345 g/mol. The molecule has 3 nitrogen and oxygen atoms in total. The molecule has 5 heteroatoms. The second-order valence-electron chi connectivity index (χ2n) is 5.33. The molecule has 3 rings (SSSR count). The van der Waals surface area contributed by atoms with Gasteiger partial charge in [-0.2, -0.15) is 0 Å². The van der Waals surface area contributed by atoms with Gasteiger partial charge in [-0.1, -0.05) is 60.1 Å². The number of para-hydroxylation sites is 1. The highest BCUT2D eigenvalue weighted by Crippen LogP contribution is 2.37. The Morgan fingerprint density at radius 1 is 1.17 bits per heavy atom. The third-order valence-electron chi connectivity index (χ3n) is 3.78. The summed E-state index contributed by atoms with van der Waals surface area (Å²) in [6, 6.07) is 14.5. The molecule has 0 saturated carbocycles. The highest BCUT2D eigenvalue weighted by molar-refractivity contribution is 6.42. The van der Waals surface area contributed by atoms with Crippen LogP contribution in [0.2, 0.25) is 10.0 Å². The van der Waals surface area contributed by atoms with Crippen molar-refractivity contribution in [2.24, 2.45) is 0 Å². The number of hydrogen-bond donors (Lipinski definition) is 1. The number of benzene rings is 2. The first-order valence-corrected chi connectivity index (χ1v) is 8.14. The molecule has 0 aliphatic carbocycles. The number of anilines is 1. The van der Waals surface area contributed by atoms with Gasteiger partial charge in [0.15, 0.2) is 0 Å². The Balaban J connectivity index is 1.93. The smallest absolute Gasteiger partial charge is 0.254 e. The lowest BCUT2D eigenvalue weighted by molar-refractivity contribution is -0.113. The zero-order valence-corrected chi connectivity index (χ0v) is 14.3. The number of rotatable bonds is 4. The number of carbonyl (C=O) groups is 1. The number of amides is 1. The van der Waals surface area contributed by atoms with Gasteiger partial charge in [0.1, 0.15) is 6.10 Å². The minimum Gasteiger partial charge on any atom is -0.364 e. The van der Waals surface area contributed by atoms with Crippen LogP contribution in [-0.4, -0.2) is 12.5 Å². The second-order valence-corrected chi connectivity index (χ2v) is 6.14. The third-order valence-corrected chi connectivity index (χ3v) is 4.52. The molecule has 1 amide bonds. The fourth-order valence-corrected chi connectivity index (χ4v) is 2.90. The standard InChI is InChI=1S/C19H15Cl2NO2/c1-2-12-11-24-18(13-8-9-15(20)16(21)10-13)17(12)19(23)22-14-6-4-3-5-7-14/h2-10,18H,1,11H2,(H,22,23). The fraction of sp³-hybridized carbons (Fsp3) is 0.105. The zero-order valence-electron chi connectivity index (χ0n) is 12.8. The number of hydrogen-bond acceptors (Lipinski definition) is 2. The Morgan fingerprint density at radius 3 is 2.58 bits per heavy atom. The van der Waals surface area contributed by atoms with Gasteiger partial charge >= 0.3 is 0 Å². The van der Waals surface area contributed by atoms with E-state index in [4.69, 9.17) is 27.9 Å². The van der Waals surface area contributed by atoms with Gasteiger partial charge in [-0.15, -0.1) is 0 Å². The Morgan fingerprint density at radius 2 is 1.92 bits per heavy atom. The molecule has 24 heavy (non-hydrogen) atoms. The minimum atomic E-state index is -0.503. The van der Waals surface area contributed by atoms with Crippen molar-refractivity contribution in [2.75, 3.05) is 11.9 Å². The van der Waals surface area contributed by atoms with Gasteiger partial charge in [0.25, 0.3) is 5.91 Å². The highest BCUT2D eigenvalue weighted by atomic mass is 35.5. The van der Waals surface area contributed by atoms with Gasteiger partial charge in [-0.05, 0) is 35.4 Å². The van der Waals surface area contributed by atoms with E-state index in [1.807, 2.05) is 30.3 Å². The van der Waals surface area contributed by atoms with Crippen LogP contribution in [0.25, 0.3) is 0 Å². The summed E-state index contributed by atoms with van der Waals surface area (Å²) in [5.74, 6) is -0.218. The number of carbonyl (C=O) groups excluding carboxylic acids is 1. The minimum absolute atomic E-state index is 0.218. The molecule has 0 bridgehead atoms. The van der Waals surface area contributed by atoms with Gasteiger partial charge in [0.2, 0.25) is 0 Å². The lowest BCUT2D eigenvalue weighted by Gasteiger charge is -2.16. The van der Waals surface area contributed by atoms with E-state index in [2.05, 4.69) is 11.9 Å². The fourth-order valence-electron chi connectivity index (χ4n) is 2.59. The van der Waals surface area contributed by atoms with E-state index in [1.165, 1.54) is 0 Å². The van der Waals surface area contributed by atoms with Crippen LogP contribution >= 0.6 is 23.2 Å². The molecule has 0 spiro atoms. The molecule has 0 radical (unpaired) electrons. The van der Waals surface area contributed by atoms with E-state index in [9.17, 15) is 4.79 Å². The maximum Gasteiger partial charge on any atom is 0.254 e. The largest absolute Gasteiger partial charge is 0.364 e. The van der Waals surface area contributed by atoms with Crippen LogP contribution in [0.3, 0.4) is 0 Å². The SMILES string of the molecule is C=CC1=C(C(=O)Nc2ccccc2)C(c2ccc(Cl)c(Cl)c2)OC1. The summed E-state index contributed by atoms with van der Waals surface area (Å²) < 4.78 is 5.80. The molecule has 1 heterocycles. The highest BCUT2D eigenvalue weighted by Gasteiger charge is 2.32. The summed E-state index contributed by atoms with van der Waals surface area (Å²) in [7, 11) is 0. The van der Waals surface area contributed by atoms with Crippen LogP contribution in [0.1, 0.15) is 11.7 Å². The summed E-state index contributed by atoms with van der Waals surface area (Å²) >= 11 is 12.1. The Hall–Kier alpha value is -2.07. The molecule has 1 aliphatic heterocycles. The normalized spacial score (nSPS) is 17.0. The van der Waals surface area contributed by atoms with Crippen molar-refractivity contribution in [1.82, 2.24) is 0 Å². The van der Waals surface area contributed by atoms with Crippen LogP contribution in [-0.2, 0) is 9.53 Å². The predicted octanol–water partition coefficient (Wildman–Crippen LogP) is 5.19. The second kappa shape index (κ2) is 7.22. The predicted molar refractivity (Wildman–Crippen MR) is 97.4 cm³/mol. The summed E-state index contributed by atoms with van der Waals surface area (Å²) in [6.45, 7) is 4.10. The first-order chi connectivity index (χ1) is 11.6. The molecule has 1 aliphatic rings. The van der Waals surface area contributed by atoms with E-state index in [0.717, 1.165) is 16.8 Å². The lowest BCUT2D eigenvalue weighted by atomic mass is 9.98.